The van der Waals surface area contributed by atoms with Gasteiger partial charge in [-0.1, -0.05) is 36.4 Å². The SMILES string of the molecule is O=S(=O)(c1ccc(-c2cc(-c3ccc(S(=O)(=O)c4ccc(F)c(C(F)(F)F)c4)cc3)cc(-c3ccc(S(=O)(=O)c4ccc(F)c(C(F)(F)F)c4)cc3)c2)cc1)c1ccc(F)c(C(F)(F)F)c1. The van der Waals surface area contributed by atoms with Gasteiger partial charge in [-0.15, -0.1) is 0 Å². The highest BCUT2D eigenvalue weighted by Gasteiger charge is 2.38. The van der Waals surface area contributed by atoms with Crippen LogP contribution in [0.1, 0.15) is 16.7 Å². The van der Waals surface area contributed by atoms with E-state index in [1.165, 1.54) is 54.6 Å². The van der Waals surface area contributed by atoms with E-state index in [-0.39, 0.29) is 34.9 Å². The molecule has 0 aromatic heterocycles. The van der Waals surface area contributed by atoms with Gasteiger partial charge in [-0.25, -0.2) is 38.4 Å². The van der Waals surface area contributed by atoms with E-state index in [9.17, 15) is 77.9 Å². The van der Waals surface area contributed by atoms with Gasteiger partial charge in [-0.3, -0.25) is 0 Å². The topological polar surface area (TPSA) is 102 Å². The molecule has 6 nitrogen and oxygen atoms in total. The minimum Gasteiger partial charge on any atom is -0.219 e. The minimum absolute atomic E-state index is 0.153. The molecule has 21 heteroatoms. The predicted octanol–water partition coefficient (Wildman–Crippen LogP) is 12.7. The van der Waals surface area contributed by atoms with E-state index in [1.54, 1.807) is 0 Å². The number of hydrogen-bond acceptors (Lipinski definition) is 6. The van der Waals surface area contributed by atoms with Crippen LogP contribution in [0.2, 0.25) is 0 Å². The predicted molar refractivity (Wildman–Crippen MR) is 213 cm³/mol. The van der Waals surface area contributed by atoms with E-state index >= 15 is 0 Å². The highest BCUT2D eigenvalue weighted by atomic mass is 32.2. The van der Waals surface area contributed by atoms with Gasteiger partial charge in [-0.2, -0.15) is 39.5 Å². The molecule has 0 aliphatic carbocycles. The first-order valence-electron chi connectivity index (χ1n) is 18.4. The van der Waals surface area contributed by atoms with Crippen molar-refractivity contribution in [3.63, 3.8) is 0 Å². The summed E-state index contributed by atoms with van der Waals surface area (Å²) in [5, 5.41) is 0. The van der Waals surface area contributed by atoms with Crippen molar-refractivity contribution in [1.82, 2.24) is 0 Å². The Labute approximate surface area is 367 Å². The quantitative estimate of drug-likeness (QED) is 0.105. The third-order valence-electron chi connectivity index (χ3n) is 10.1. The van der Waals surface area contributed by atoms with Crippen LogP contribution in [0.4, 0.5) is 52.7 Å². The molecule has 7 rings (SSSR count). The summed E-state index contributed by atoms with van der Waals surface area (Å²) < 4.78 is 243. The van der Waals surface area contributed by atoms with Crippen LogP contribution in [-0.4, -0.2) is 25.3 Å². The average molecular weight is 985 g/mol. The molecule has 0 saturated carbocycles. The second-order valence-electron chi connectivity index (χ2n) is 14.3. The Hall–Kier alpha value is -6.45. The monoisotopic (exact) mass is 984 g/mol. The van der Waals surface area contributed by atoms with E-state index in [4.69, 9.17) is 0 Å². The molecule has 0 bridgehead atoms. The number of alkyl halides is 9. The zero-order valence-corrected chi connectivity index (χ0v) is 35.0. The van der Waals surface area contributed by atoms with Crippen LogP contribution in [0.3, 0.4) is 0 Å². The lowest BCUT2D eigenvalue weighted by Crippen LogP contribution is -2.11. The molecular formula is C45H24F12O6S3. The lowest BCUT2D eigenvalue weighted by atomic mass is 9.93. The van der Waals surface area contributed by atoms with Crippen molar-refractivity contribution in [2.24, 2.45) is 0 Å². The molecule has 0 heterocycles. The number of rotatable bonds is 9. The number of benzene rings is 7. The first-order valence-corrected chi connectivity index (χ1v) is 22.9. The van der Waals surface area contributed by atoms with Gasteiger partial charge >= 0.3 is 18.5 Å². The van der Waals surface area contributed by atoms with Gasteiger partial charge in [0.25, 0.3) is 0 Å². The van der Waals surface area contributed by atoms with Crippen molar-refractivity contribution in [2.45, 2.75) is 47.9 Å². The van der Waals surface area contributed by atoms with E-state index < -0.39 is 112 Å². The van der Waals surface area contributed by atoms with Crippen LogP contribution >= 0.6 is 0 Å². The van der Waals surface area contributed by atoms with Crippen LogP contribution in [0.25, 0.3) is 33.4 Å². The lowest BCUT2D eigenvalue weighted by Gasteiger charge is -2.14. The third kappa shape index (κ3) is 9.32. The molecule has 0 aliphatic heterocycles. The minimum atomic E-state index is -5.21. The molecule has 7 aromatic carbocycles. The highest BCUT2D eigenvalue weighted by molar-refractivity contribution is 7.92. The Bertz CT molecular complexity index is 3000. The molecule has 0 aliphatic rings. The van der Waals surface area contributed by atoms with Crippen molar-refractivity contribution in [1.29, 1.82) is 0 Å². The average Bonchev–Trinajstić information content (AvgIpc) is 3.25. The van der Waals surface area contributed by atoms with Gasteiger partial charge in [0.05, 0.1) is 46.1 Å². The highest BCUT2D eigenvalue weighted by Crippen LogP contribution is 2.39. The van der Waals surface area contributed by atoms with Crippen molar-refractivity contribution in [3.8, 4) is 33.4 Å². The maximum absolute atomic E-state index is 14.0. The molecule has 0 amide bonds. The molecule has 0 saturated heterocycles. The summed E-state index contributed by atoms with van der Waals surface area (Å²) in [5.74, 6) is -5.08. The van der Waals surface area contributed by atoms with Gasteiger partial charge in [0.1, 0.15) is 17.5 Å². The Balaban J connectivity index is 1.30. The number of halogens is 12. The normalized spacial score (nSPS) is 12.9. The maximum Gasteiger partial charge on any atom is 0.419 e. The van der Waals surface area contributed by atoms with Gasteiger partial charge in [0.15, 0.2) is 0 Å². The summed E-state index contributed by atoms with van der Waals surface area (Å²) >= 11 is 0. The van der Waals surface area contributed by atoms with Crippen LogP contribution in [-0.2, 0) is 48.0 Å². The summed E-state index contributed by atoms with van der Waals surface area (Å²) in [6, 6.07) is 22.2. The van der Waals surface area contributed by atoms with Crippen LogP contribution in [0.15, 0.2) is 175 Å². The zero-order valence-electron chi connectivity index (χ0n) is 32.6. The molecule has 0 atom stereocenters. The Morgan fingerprint density at radius 1 is 0.258 bits per heavy atom. The van der Waals surface area contributed by atoms with Crippen LogP contribution in [0.5, 0.6) is 0 Å². The second kappa shape index (κ2) is 16.8. The van der Waals surface area contributed by atoms with Gasteiger partial charge < -0.3 is 0 Å². The fourth-order valence-corrected chi connectivity index (χ4v) is 10.5. The molecule has 7 aromatic rings. The van der Waals surface area contributed by atoms with Gasteiger partial charge in [0, 0.05) is 0 Å². The largest absolute Gasteiger partial charge is 0.419 e. The van der Waals surface area contributed by atoms with E-state index in [2.05, 4.69) is 0 Å². The summed E-state index contributed by atoms with van der Waals surface area (Å²) in [6.45, 7) is 0. The van der Waals surface area contributed by atoms with Crippen molar-refractivity contribution in [2.75, 3.05) is 0 Å². The van der Waals surface area contributed by atoms with E-state index in [0.29, 0.717) is 53.1 Å². The van der Waals surface area contributed by atoms with Crippen molar-refractivity contribution < 1.29 is 77.9 Å². The molecule has 66 heavy (non-hydrogen) atoms. The number of sulfone groups is 3. The molecule has 342 valence electrons. The van der Waals surface area contributed by atoms with Gasteiger partial charge in [-0.05, 0) is 143 Å². The summed E-state index contributed by atoms with van der Waals surface area (Å²) in [7, 11) is -13.9. The molecule has 0 fully saturated rings. The second-order valence-corrected chi connectivity index (χ2v) is 20.1. The Morgan fingerprint density at radius 3 is 0.652 bits per heavy atom. The molecule has 0 radical (unpaired) electrons. The molecule has 0 N–H and O–H groups in total. The number of hydrogen-bond donors (Lipinski definition) is 0. The Kier molecular flexibility index (Phi) is 12.1. The van der Waals surface area contributed by atoms with Crippen molar-refractivity contribution in [3.05, 3.63) is 180 Å². The smallest absolute Gasteiger partial charge is 0.219 e. The fourth-order valence-electron chi connectivity index (χ4n) is 6.68. The summed E-state index contributed by atoms with van der Waals surface area (Å²) in [6.07, 6.45) is -15.6. The molecule has 0 spiro atoms. The fraction of sp³-hybridized carbons (Fsp3) is 0.0667. The van der Waals surface area contributed by atoms with Gasteiger partial charge in [0.2, 0.25) is 29.5 Å². The standard InChI is InChI=1S/C45H24F12O6S3/c46-40-16-13-34(22-37(40)43(49,50)51)64(58,59)31-7-1-25(2-8-31)28-19-29(26-3-9-32(10-4-26)65(60,61)35-14-17-41(47)38(23-35)44(52,53)54)21-30(20-28)27-5-11-33(12-6-27)66(62,63)36-15-18-42(48)39(24-36)45(55,56)57/h1-24H. The van der Waals surface area contributed by atoms with Crippen LogP contribution < -0.4 is 0 Å². The van der Waals surface area contributed by atoms with Crippen LogP contribution in [0, 0.1) is 17.5 Å². The third-order valence-corrected chi connectivity index (χ3v) is 15.4. The summed E-state index contributed by atoms with van der Waals surface area (Å²) in [5.41, 5.74) is -3.68. The maximum atomic E-state index is 14.0. The summed E-state index contributed by atoms with van der Waals surface area (Å²) in [4.78, 5) is -4.02. The van der Waals surface area contributed by atoms with E-state index in [1.807, 2.05) is 0 Å². The molecule has 0 unspecified atom stereocenters. The molecular weight excluding hydrogens is 961 g/mol. The Morgan fingerprint density at radius 2 is 0.455 bits per heavy atom. The zero-order chi connectivity index (χ0) is 48.4. The van der Waals surface area contributed by atoms with Crippen molar-refractivity contribution >= 4 is 29.5 Å². The first-order chi connectivity index (χ1) is 30.6. The first kappa shape index (κ1) is 47.5. The lowest BCUT2D eigenvalue weighted by molar-refractivity contribution is -0.141. The van der Waals surface area contributed by atoms with E-state index in [0.717, 1.165) is 36.4 Å².